The Morgan fingerprint density at radius 1 is 0.882 bits per heavy atom. The van der Waals surface area contributed by atoms with Crippen molar-refractivity contribution in [3.8, 4) is 11.8 Å². The highest BCUT2D eigenvalue weighted by Gasteiger charge is 2.33. The second-order valence-corrected chi connectivity index (χ2v) is 8.33. The van der Waals surface area contributed by atoms with Gasteiger partial charge in [0.2, 0.25) is 11.8 Å². The van der Waals surface area contributed by atoms with Gasteiger partial charge in [-0.15, -0.1) is 4.73 Å². The van der Waals surface area contributed by atoms with Crippen molar-refractivity contribution in [1.82, 2.24) is 19.4 Å². The second kappa shape index (κ2) is 9.45. The van der Waals surface area contributed by atoms with Gasteiger partial charge in [-0.05, 0) is 36.6 Å². The maximum Gasteiger partial charge on any atom is 0.434 e. The van der Waals surface area contributed by atoms with Gasteiger partial charge in [-0.25, -0.2) is 4.79 Å². The molecule has 0 aliphatic carbocycles. The van der Waals surface area contributed by atoms with Crippen LogP contribution < -0.4 is 4.84 Å². The summed E-state index contributed by atoms with van der Waals surface area (Å²) in [6, 6.07) is 5.55. The van der Waals surface area contributed by atoms with Crippen LogP contribution in [0.1, 0.15) is 34.3 Å². The van der Waals surface area contributed by atoms with E-state index in [0.29, 0.717) is 36.5 Å². The molecule has 4 rings (SSSR count). The molecule has 9 nitrogen and oxygen atoms in total. The average Bonchev–Trinajstić information content (AvgIpc) is 3.45. The molecule has 0 atom stereocenters. The minimum atomic E-state index is -4.53. The number of amides is 2. The monoisotopic (exact) mass is 482 g/mol. The predicted octanol–water partition coefficient (Wildman–Crippen LogP) is 2.52. The van der Waals surface area contributed by atoms with Crippen LogP contribution in [-0.4, -0.2) is 80.9 Å². The largest absolute Gasteiger partial charge is 0.492 e. The number of piperazine rings is 1. The summed E-state index contributed by atoms with van der Waals surface area (Å²) >= 11 is 0. The molecule has 2 fully saturated rings. The molecule has 0 saturated carbocycles. The van der Waals surface area contributed by atoms with Crippen molar-refractivity contribution in [2.24, 2.45) is 0 Å². The second-order valence-electron chi connectivity index (χ2n) is 8.33. The molecule has 12 heteroatoms. The standard InChI is InChI=1S/C22H25F3N4O5/c23-22(24,25)16-3-4-17(20(32)27-7-1-2-8-27)15(13-16)14-26-9-11-28(12-10-26)21(33)34-29-18(30)5-6-19(29)31/h3-6,13,30-31H,1-2,7-12,14H2. The van der Waals surface area contributed by atoms with E-state index in [1.165, 1.54) is 11.0 Å². The maximum atomic E-state index is 13.3. The Morgan fingerprint density at radius 2 is 1.50 bits per heavy atom. The fourth-order valence-electron chi connectivity index (χ4n) is 4.16. The zero-order valence-corrected chi connectivity index (χ0v) is 18.3. The smallest absolute Gasteiger partial charge is 0.434 e. The molecule has 2 N–H and O–H groups in total. The Hall–Kier alpha value is -3.41. The topological polar surface area (TPSA) is 98.5 Å². The Kier molecular flexibility index (Phi) is 6.60. The van der Waals surface area contributed by atoms with Gasteiger partial charge in [0, 0.05) is 63.5 Å². The van der Waals surface area contributed by atoms with Crippen molar-refractivity contribution in [2.45, 2.75) is 25.6 Å². The summed E-state index contributed by atoms with van der Waals surface area (Å²) in [7, 11) is 0. The summed E-state index contributed by atoms with van der Waals surface area (Å²) < 4.78 is 40.6. The van der Waals surface area contributed by atoms with Crippen LogP contribution in [0.4, 0.5) is 18.0 Å². The molecule has 0 bridgehead atoms. The summed E-state index contributed by atoms with van der Waals surface area (Å²) in [6.45, 7) is 2.42. The summed E-state index contributed by atoms with van der Waals surface area (Å²) in [5.41, 5.74) is -0.255. The number of hydrogen-bond donors (Lipinski definition) is 2. The molecule has 3 heterocycles. The first-order valence-corrected chi connectivity index (χ1v) is 10.9. The number of nitrogens with zero attached hydrogens (tertiary/aromatic N) is 4. The minimum absolute atomic E-state index is 0.126. The van der Waals surface area contributed by atoms with E-state index in [-0.39, 0.29) is 31.1 Å². The molecule has 34 heavy (non-hydrogen) atoms. The van der Waals surface area contributed by atoms with Gasteiger partial charge in [0.05, 0.1) is 5.56 Å². The first-order chi connectivity index (χ1) is 16.1. The Bertz CT molecular complexity index is 1040. The number of halogens is 3. The van der Waals surface area contributed by atoms with Crippen molar-refractivity contribution in [1.29, 1.82) is 0 Å². The number of hydrogen-bond acceptors (Lipinski definition) is 6. The third-order valence-electron chi connectivity index (χ3n) is 6.05. The average molecular weight is 482 g/mol. The number of carbonyl (C=O) groups is 2. The van der Waals surface area contributed by atoms with Gasteiger partial charge in [0.15, 0.2) is 0 Å². The van der Waals surface area contributed by atoms with Gasteiger partial charge in [0.1, 0.15) is 0 Å². The first-order valence-electron chi connectivity index (χ1n) is 10.9. The number of aromatic hydroxyl groups is 2. The summed E-state index contributed by atoms with van der Waals surface area (Å²) in [6.07, 6.45) is -3.57. The van der Waals surface area contributed by atoms with E-state index >= 15 is 0 Å². The lowest BCUT2D eigenvalue weighted by atomic mass is 10.0. The number of alkyl halides is 3. The highest BCUT2D eigenvalue weighted by Crippen LogP contribution is 2.32. The van der Waals surface area contributed by atoms with Gasteiger partial charge in [-0.2, -0.15) is 13.2 Å². The van der Waals surface area contributed by atoms with E-state index in [1.54, 1.807) is 4.90 Å². The number of carbonyl (C=O) groups excluding carboxylic acids is 2. The number of benzene rings is 1. The van der Waals surface area contributed by atoms with Crippen LogP contribution in [0.3, 0.4) is 0 Å². The van der Waals surface area contributed by atoms with E-state index < -0.39 is 29.6 Å². The third-order valence-corrected chi connectivity index (χ3v) is 6.05. The van der Waals surface area contributed by atoms with Gasteiger partial charge >= 0.3 is 12.3 Å². The maximum absolute atomic E-state index is 13.3. The quantitative estimate of drug-likeness (QED) is 0.695. The highest BCUT2D eigenvalue weighted by molar-refractivity contribution is 5.96. The summed E-state index contributed by atoms with van der Waals surface area (Å²) in [5.74, 6) is -1.15. The van der Waals surface area contributed by atoms with Crippen molar-refractivity contribution in [3.05, 3.63) is 47.0 Å². The van der Waals surface area contributed by atoms with Crippen LogP contribution >= 0.6 is 0 Å². The van der Waals surface area contributed by atoms with Crippen LogP contribution in [0.2, 0.25) is 0 Å². The Labute approximate surface area is 193 Å². The lowest BCUT2D eigenvalue weighted by Gasteiger charge is -2.34. The van der Waals surface area contributed by atoms with E-state index in [2.05, 4.69) is 0 Å². The Balaban J connectivity index is 1.44. The molecule has 0 radical (unpaired) electrons. The van der Waals surface area contributed by atoms with Crippen molar-refractivity contribution < 1.29 is 37.8 Å². The minimum Gasteiger partial charge on any atom is -0.492 e. The lowest BCUT2D eigenvalue weighted by molar-refractivity contribution is -0.137. The van der Waals surface area contributed by atoms with Crippen LogP contribution in [0, 0.1) is 0 Å². The van der Waals surface area contributed by atoms with Gasteiger partial charge in [0.25, 0.3) is 5.91 Å². The summed E-state index contributed by atoms with van der Waals surface area (Å²) in [5, 5.41) is 19.2. The fourth-order valence-corrected chi connectivity index (χ4v) is 4.16. The van der Waals surface area contributed by atoms with Crippen molar-refractivity contribution >= 4 is 12.0 Å². The molecule has 0 spiro atoms. The van der Waals surface area contributed by atoms with E-state index in [0.717, 1.165) is 37.1 Å². The SMILES string of the molecule is O=C(On1c(O)ccc1O)N1CCN(Cc2cc(C(F)(F)F)ccc2C(=O)N2CCCC2)CC1. The molecule has 2 amide bonds. The van der Waals surface area contributed by atoms with Crippen LogP contribution in [0.5, 0.6) is 11.8 Å². The third kappa shape index (κ3) is 5.06. The molecule has 2 aliphatic heterocycles. The van der Waals surface area contributed by atoms with Crippen LogP contribution in [0.15, 0.2) is 30.3 Å². The van der Waals surface area contributed by atoms with E-state index in [4.69, 9.17) is 4.84 Å². The lowest BCUT2D eigenvalue weighted by Crippen LogP contribution is -2.50. The van der Waals surface area contributed by atoms with Crippen LogP contribution in [0.25, 0.3) is 0 Å². The number of aromatic nitrogens is 1. The molecular formula is C22H25F3N4O5. The van der Waals surface area contributed by atoms with Crippen LogP contribution in [-0.2, 0) is 12.7 Å². The highest BCUT2D eigenvalue weighted by atomic mass is 19.4. The number of rotatable bonds is 4. The van der Waals surface area contributed by atoms with E-state index in [9.17, 15) is 33.0 Å². The zero-order chi connectivity index (χ0) is 24.5. The predicted molar refractivity (Wildman–Crippen MR) is 113 cm³/mol. The molecule has 2 aromatic rings. The van der Waals surface area contributed by atoms with Gasteiger partial charge in [-0.3, -0.25) is 9.69 Å². The van der Waals surface area contributed by atoms with Gasteiger partial charge < -0.3 is 24.9 Å². The molecular weight excluding hydrogens is 457 g/mol. The summed E-state index contributed by atoms with van der Waals surface area (Å²) in [4.78, 5) is 35.1. The first kappa shape index (κ1) is 23.7. The molecule has 2 aliphatic rings. The van der Waals surface area contributed by atoms with E-state index in [1.807, 2.05) is 4.90 Å². The fraction of sp³-hybridized carbons (Fsp3) is 0.455. The molecule has 1 aromatic carbocycles. The molecule has 184 valence electrons. The molecule has 2 saturated heterocycles. The van der Waals surface area contributed by atoms with Gasteiger partial charge in [-0.1, -0.05) is 0 Å². The number of likely N-dealkylation sites (tertiary alicyclic amines) is 1. The molecule has 1 aromatic heterocycles. The zero-order valence-electron chi connectivity index (χ0n) is 18.3. The Morgan fingerprint density at radius 3 is 2.09 bits per heavy atom. The van der Waals surface area contributed by atoms with Crippen molar-refractivity contribution in [2.75, 3.05) is 39.3 Å². The van der Waals surface area contributed by atoms with Crippen molar-refractivity contribution in [3.63, 3.8) is 0 Å². The molecule has 0 unspecified atom stereocenters. The normalized spacial score (nSPS) is 17.3.